The van der Waals surface area contributed by atoms with Crippen LogP contribution < -0.4 is 5.32 Å². The van der Waals surface area contributed by atoms with Crippen LogP contribution in [0.4, 0.5) is 0 Å². The first-order valence-corrected chi connectivity index (χ1v) is 5.12. The first-order valence-electron chi connectivity index (χ1n) is 5.12. The van der Waals surface area contributed by atoms with Crippen LogP contribution in [0.1, 0.15) is 23.6 Å². The minimum Gasteiger partial charge on any atom is -0.309 e. The van der Waals surface area contributed by atoms with Gasteiger partial charge in [0.15, 0.2) is 0 Å². The van der Waals surface area contributed by atoms with Gasteiger partial charge in [-0.1, -0.05) is 12.1 Å². The molecule has 2 nitrogen and oxygen atoms in total. The predicted octanol–water partition coefficient (Wildman–Crippen LogP) is 1.84. The average molecular weight is 184 g/mol. The molecule has 1 aromatic rings. The van der Waals surface area contributed by atoms with E-state index in [1.165, 1.54) is 18.5 Å². The summed E-state index contributed by atoms with van der Waals surface area (Å²) < 4.78 is 0. The maximum Gasteiger partial charge on any atom is 0.0991 e. The van der Waals surface area contributed by atoms with Gasteiger partial charge < -0.3 is 5.32 Å². The lowest BCUT2D eigenvalue weighted by Gasteiger charge is -2.13. The molecule has 1 aromatic carbocycles. The Hall–Kier alpha value is -1.33. The third-order valence-electron chi connectivity index (χ3n) is 3.40. The Balaban J connectivity index is 1.86. The fourth-order valence-corrected chi connectivity index (χ4v) is 2.47. The summed E-state index contributed by atoms with van der Waals surface area (Å²) in [4.78, 5) is 0. The van der Waals surface area contributed by atoms with Crippen LogP contribution in [0.15, 0.2) is 24.3 Å². The van der Waals surface area contributed by atoms with E-state index in [0.717, 1.165) is 17.4 Å². The molecule has 2 fully saturated rings. The van der Waals surface area contributed by atoms with Crippen LogP contribution in [0.3, 0.4) is 0 Å². The van der Waals surface area contributed by atoms with E-state index in [1.54, 1.807) is 0 Å². The Labute approximate surface area is 83.6 Å². The molecule has 1 saturated carbocycles. The standard InChI is InChI=1S/C12H12N2/c13-6-8-1-3-9(4-2-8)12-11-5-10(11)7-14-12/h1-4,10-12,14H,5,7H2. The smallest absolute Gasteiger partial charge is 0.0991 e. The van der Waals surface area contributed by atoms with Crippen molar-refractivity contribution in [3.05, 3.63) is 35.4 Å². The van der Waals surface area contributed by atoms with Crippen molar-refractivity contribution < 1.29 is 0 Å². The SMILES string of the molecule is N#Cc1ccc(C2NCC3CC32)cc1. The maximum absolute atomic E-state index is 8.69. The molecule has 0 amide bonds. The first-order chi connectivity index (χ1) is 6.88. The Morgan fingerprint density at radius 1 is 1.29 bits per heavy atom. The summed E-state index contributed by atoms with van der Waals surface area (Å²) in [6.45, 7) is 1.18. The number of piperidine rings is 1. The van der Waals surface area contributed by atoms with Crippen molar-refractivity contribution in [1.82, 2.24) is 5.32 Å². The van der Waals surface area contributed by atoms with E-state index in [9.17, 15) is 0 Å². The van der Waals surface area contributed by atoms with Gasteiger partial charge in [0.1, 0.15) is 0 Å². The highest BCUT2D eigenvalue weighted by Gasteiger charge is 2.48. The molecule has 0 spiro atoms. The number of nitrogens with zero attached hydrogens (tertiary/aromatic N) is 1. The molecule has 1 heterocycles. The van der Waals surface area contributed by atoms with E-state index < -0.39 is 0 Å². The van der Waals surface area contributed by atoms with Gasteiger partial charge in [0.2, 0.25) is 0 Å². The summed E-state index contributed by atoms with van der Waals surface area (Å²) in [5.74, 6) is 1.79. The van der Waals surface area contributed by atoms with Crippen molar-refractivity contribution in [2.45, 2.75) is 12.5 Å². The van der Waals surface area contributed by atoms with Crippen LogP contribution in [0.5, 0.6) is 0 Å². The maximum atomic E-state index is 8.69. The van der Waals surface area contributed by atoms with Gasteiger partial charge in [0.25, 0.3) is 0 Å². The molecule has 3 unspecified atom stereocenters. The summed E-state index contributed by atoms with van der Waals surface area (Å²) in [6.07, 6.45) is 1.39. The van der Waals surface area contributed by atoms with Gasteiger partial charge in [-0.2, -0.15) is 5.26 Å². The highest BCUT2D eigenvalue weighted by atomic mass is 15.0. The Bertz CT molecular complexity index is 388. The quantitative estimate of drug-likeness (QED) is 0.722. The number of hydrogen-bond acceptors (Lipinski definition) is 2. The molecule has 3 atom stereocenters. The highest BCUT2D eigenvalue weighted by molar-refractivity contribution is 5.34. The summed E-state index contributed by atoms with van der Waals surface area (Å²) >= 11 is 0. The summed E-state index contributed by atoms with van der Waals surface area (Å²) in [5, 5.41) is 12.2. The van der Waals surface area contributed by atoms with Crippen LogP contribution in [-0.4, -0.2) is 6.54 Å². The second-order valence-corrected chi connectivity index (χ2v) is 4.28. The number of fused-ring (bicyclic) bond motifs is 1. The van der Waals surface area contributed by atoms with Crippen LogP contribution in [0.25, 0.3) is 0 Å². The minimum absolute atomic E-state index is 0.549. The molecule has 0 bridgehead atoms. The molecule has 70 valence electrons. The molecule has 1 N–H and O–H groups in total. The van der Waals surface area contributed by atoms with E-state index >= 15 is 0 Å². The molecule has 1 saturated heterocycles. The Kier molecular flexibility index (Phi) is 1.62. The predicted molar refractivity (Wildman–Crippen MR) is 53.5 cm³/mol. The number of nitrogens with one attached hydrogen (secondary N) is 1. The van der Waals surface area contributed by atoms with Crippen LogP contribution >= 0.6 is 0 Å². The normalized spacial score (nSPS) is 33.5. The molecule has 2 aliphatic rings. The summed E-state index contributed by atoms with van der Waals surface area (Å²) in [5.41, 5.74) is 2.09. The minimum atomic E-state index is 0.549. The van der Waals surface area contributed by atoms with Crippen molar-refractivity contribution >= 4 is 0 Å². The van der Waals surface area contributed by atoms with Crippen molar-refractivity contribution in [2.75, 3.05) is 6.54 Å². The van der Waals surface area contributed by atoms with E-state index in [1.807, 2.05) is 12.1 Å². The first kappa shape index (κ1) is 8.02. The molecule has 0 radical (unpaired) electrons. The zero-order valence-electron chi connectivity index (χ0n) is 7.90. The molecular formula is C12H12N2. The lowest BCUT2D eigenvalue weighted by atomic mass is 10.0. The van der Waals surface area contributed by atoms with E-state index in [0.29, 0.717) is 6.04 Å². The topological polar surface area (TPSA) is 35.8 Å². The van der Waals surface area contributed by atoms with E-state index in [-0.39, 0.29) is 0 Å². The highest BCUT2D eigenvalue weighted by Crippen LogP contribution is 2.51. The van der Waals surface area contributed by atoms with Gasteiger partial charge in [0, 0.05) is 6.04 Å². The molecule has 0 aromatic heterocycles. The lowest BCUT2D eigenvalue weighted by Crippen LogP contribution is -2.17. The third kappa shape index (κ3) is 1.13. The fraction of sp³-hybridized carbons (Fsp3) is 0.417. The van der Waals surface area contributed by atoms with Crippen LogP contribution in [0, 0.1) is 23.2 Å². The molecule has 2 heteroatoms. The molecule has 14 heavy (non-hydrogen) atoms. The van der Waals surface area contributed by atoms with Crippen LogP contribution in [-0.2, 0) is 0 Å². The zero-order chi connectivity index (χ0) is 9.54. The average Bonchev–Trinajstić information content (AvgIpc) is 2.91. The third-order valence-corrected chi connectivity index (χ3v) is 3.40. The largest absolute Gasteiger partial charge is 0.309 e. The molecule has 3 rings (SSSR count). The molecule has 1 aliphatic carbocycles. The number of benzene rings is 1. The molecule has 1 aliphatic heterocycles. The second kappa shape index (κ2) is 2.83. The van der Waals surface area contributed by atoms with Gasteiger partial charge >= 0.3 is 0 Å². The van der Waals surface area contributed by atoms with Crippen molar-refractivity contribution in [1.29, 1.82) is 5.26 Å². The van der Waals surface area contributed by atoms with Crippen molar-refractivity contribution in [3.8, 4) is 6.07 Å². The summed E-state index contributed by atoms with van der Waals surface area (Å²) in [7, 11) is 0. The zero-order valence-corrected chi connectivity index (χ0v) is 7.90. The number of nitriles is 1. The number of hydrogen-bond donors (Lipinski definition) is 1. The van der Waals surface area contributed by atoms with Gasteiger partial charge in [-0.15, -0.1) is 0 Å². The van der Waals surface area contributed by atoms with Gasteiger partial charge in [-0.25, -0.2) is 0 Å². The van der Waals surface area contributed by atoms with Crippen LogP contribution in [0.2, 0.25) is 0 Å². The lowest BCUT2D eigenvalue weighted by molar-refractivity contribution is 0.563. The van der Waals surface area contributed by atoms with Crippen molar-refractivity contribution in [3.63, 3.8) is 0 Å². The Morgan fingerprint density at radius 2 is 2.07 bits per heavy atom. The summed E-state index contributed by atoms with van der Waals surface area (Å²) in [6, 6.07) is 10.7. The van der Waals surface area contributed by atoms with E-state index in [2.05, 4.69) is 23.5 Å². The number of rotatable bonds is 1. The van der Waals surface area contributed by atoms with Gasteiger partial charge in [-0.05, 0) is 42.5 Å². The fourth-order valence-electron chi connectivity index (χ4n) is 2.47. The second-order valence-electron chi connectivity index (χ2n) is 4.28. The van der Waals surface area contributed by atoms with Crippen molar-refractivity contribution in [2.24, 2.45) is 11.8 Å². The van der Waals surface area contributed by atoms with E-state index in [4.69, 9.17) is 5.26 Å². The monoisotopic (exact) mass is 184 g/mol. The Morgan fingerprint density at radius 3 is 2.57 bits per heavy atom. The molecular weight excluding hydrogens is 172 g/mol. The van der Waals surface area contributed by atoms with Gasteiger partial charge in [0.05, 0.1) is 11.6 Å². The van der Waals surface area contributed by atoms with Gasteiger partial charge in [-0.3, -0.25) is 0 Å².